The molecule has 3 heterocycles. The summed E-state index contributed by atoms with van der Waals surface area (Å²) in [6, 6.07) is 20.9. The monoisotopic (exact) mass is 446 g/mol. The van der Waals surface area contributed by atoms with Crippen molar-refractivity contribution in [2.75, 3.05) is 6.54 Å². The molecule has 164 valence electrons. The standard InChI is InChI=1S/C25H26N4O2S/c1-19-10-12-22(13-11-19)32(30,31)29-15-6-9-21(29)17-28-16-14-23-24(18-28)27(2)25(26-23)20-7-4-3-5-8-20/h3-13,15H,14,16-18H2,1-2H3. The van der Waals surface area contributed by atoms with Gasteiger partial charge in [-0.05, 0) is 31.2 Å². The lowest BCUT2D eigenvalue weighted by Crippen LogP contribution is -2.32. The van der Waals surface area contributed by atoms with E-state index in [1.165, 1.54) is 9.67 Å². The van der Waals surface area contributed by atoms with E-state index in [1.54, 1.807) is 24.4 Å². The molecule has 4 aromatic rings. The number of benzene rings is 2. The topological polar surface area (TPSA) is 60.1 Å². The molecule has 0 saturated heterocycles. The average molecular weight is 447 g/mol. The molecule has 0 saturated carbocycles. The fourth-order valence-corrected chi connectivity index (χ4v) is 5.70. The predicted molar refractivity (Wildman–Crippen MR) is 125 cm³/mol. The van der Waals surface area contributed by atoms with Gasteiger partial charge in [-0.1, -0.05) is 48.0 Å². The molecule has 0 amide bonds. The van der Waals surface area contributed by atoms with Gasteiger partial charge in [-0.2, -0.15) is 0 Å². The Morgan fingerprint density at radius 1 is 0.969 bits per heavy atom. The van der Waals surface area contributed by atoms with Crippen LogP contribution in [0.2, 0.25) is 0 Å². The molecule has 6 nitrogen and oxygen atoms in total. The van der Waals surface area contributed by atoms with Crippen molar-refractivity contribution in [2.24, 2.45) is 7.05 Å². The number of imidazole rings is 1. The fraction of sp³-hybridized carbons (Fsp3) is 0.240. The van der Waals surface area contributed by atoms with E-state index in [9.17, 15) is 8.42 Å². The van der Waals surface area contributed by atoms with Crippen molar-refractivity contribution in [1.29, 1.82) is 0 Å². The number of nitrogens with zero attached hydrogens (tertiary/aromatic N) is 4. The normalized spacial score (nSPS) is 14.4. The minimum Gasteiger partial charge on any atom is -0.330 e. The molecule has 0 atom stereocenters. The van der Waals surface area contributed by atoms with Crippen molar-refractivity contribution < 1.29 is 8.42 Å². The molecule has 0 radical (unpaired) electrons. The van der Waals surface area contributed by atoms with E-state index in [-0.39, 0.29) is 0 Å². The second-order valence-corrected chi connectivity index (χ2v) is 10.1. The van der Waals surface area contributed by atoms with E-state index >= 15 is 0 Å². The molecule has 1 aliphatic rings. The minimum absolute atomic E-state index is 0.306. The molecule has 7 heteroatoms. The van der Waals surface area contributed by atoms with Gasteiger partial charge >= 0.3 is 0 Å². The van der Waals surface area contributed by atoms with Crippen LogP contribution < -0.4 is 0 Å². The number of hydrogen-bond donors (Lipinski definition) is 0. The molecule has 0 unspecified atom stereocenters. The first kappa shape index (κ1) is 20.7. The van der Waals surface area contributed by atoms with E-state index in [4.69, 9.17) is 4.98 Å². The zero-order valence-electron chi connectivity index (χ0n) is 18.3. The van der Waals surface area contributed by atoms with Crippen molar-refractivity contribution in [3.05, 3.63) is 95.6 Å². The quantitative estimate of drug-likeness (QED) is 0.465. The Kier molecular flexibility index (Phi) is 5.23. The molecule has 2 aromatic heterocycles. The smallest absolute Gasteiger partial charge is 0.267 e. The molecule has 0 N–H and O–H groups in total. The highest BCUT2D eigenvalue weighted by Gasteiger charge is 2.25. The summed E-state index contributed by atoms with van der Waals surface area (Å²) >= 11 is 0. The third-order valence-corrected chi connectivity index (χ3v) is 7.87. The minimum atomic E-state index is -3.62. The van der Waals surface area contributed by atoms with E-state index in [1.807, 2.05) is 43.3 Å². The molecular formula is C25H26N4O2S. The van der Waals surface area contributed by atoms with Crippen LogP contribution in [0.1, 0.15) is 22.6 Å². The summed E-state index contributed by atoms with van der Waals surface area (Å²) in [7, 11) is -1.56. The van der Waals surface area contributed by atoms with E-state index in [2.05, 4.69) is 28.6 Å². The summed E-state index contributed by atoms with van der Waals surface area (Å²) in [5.74, 6) is 0.975. The van der Waals surface area contributed by atoms with Crippen molar-refractivity contribution >= 4 is 10.0 Å². The molecule has 1 aliphatic heterocycles. The zero-order valence-corrected chi connectivity index (χ0v) is 19.1. The Balaban J connectivity index is 1.39. The zero-order chi connectivity index (χ0) is 22.3. The lowest BCUT2D eigenvalue weighted by atomic mass is 10.1. The van der Waals surface area contributed by atoms with E-state index < -0.39 is 10.0 Å². The Morgan fingerprint density at radius 2 is 1.72 bits per heavy atom. The largest absolute Gasteiger partial charge is 0.330 e. The van der Waals surface area contributed by atoms with Gasteiger partial charge in [-0.15, -0.1) is 0 Å². The summed E-state index contributed by atoms with van der Waals surface area (Å²) in [4.78, 5) is 7.48. The van der Waals surface area contributed by atoms with Gasteiger partial charge in [0, 0.05) is 50.6 Å². The second-order valence-electron chi connectivity index (χ2n) is 8.33. The SMILES string of the molecule is Cc1ccc(S(=O)(=O)n2cccc2CN2CCc3nc(-c4ccccc4)n(C)c3C2)cc1. The van der Waals surface area contributed by atoms with Crippen LogP contribution in [0.15, 0.2) is 77.8 Å². The molecular weight excluding hydrogens is 420 g/mol. The summed E-state index contributed by atoms with van der Waals surface area (Å²) in [6.45, 7) is 4.09. The first-order valence-corrected chi connectivity index (χ1v) is 12.2. The Bertz CT molecular complexity index is 1350. The maximum Gasteiger partial charge on any atom is 0.267 e. The highest BCUT2D eigenvalue weighted by Crippen LogP contribution is 2.27. The van der Waals surface area contributed by atoms with Crippen LogP contribution in [0.4, 0.5) is 0 Å². The van der Waals surface area contributed by atoms with Gasteiger partial charge in [0.15, 0.2) is 0 Å². The molecule has 0 spiro atoms. The highest BCUT2D eigenvalue weighted by atomic mass is 32.2. The van der Waals surface area contributed by atoms with Crippen LogP contribution in [0.25, 0.3) is 11.4 Å². The highest BCUT2D eigenvalue weighted by molar-refractivity contribution is 7.90. The maximum absolute atomic E-state index is 13.2. The lowest BCUT2D eigenvalue weighted by molar-refractivity contribution is 0.235. The van der Waals surface area contributed by atoms with Gasteiger partial charge in [0.2, 0.25) is 0 Å². The first-order chi connectivity index (χ1) is 15.4. The number of aromatic nitrogens is 3. The van der Waals surface area contributed by atoms with Gasteiger partial charge < -0.3 is 4.57 Å². The fourth-order valence-electron chi connectivity index (χ4n) is 4.33. The molecule has 0 fully saturated rings. The second kappa shape index (κ2) is 8.07. The molecule has 0 bridgehead atoms. The number of aryl methyl sites for hydroxylation is 1. The van der Waals surface area contributed by atoms with Crippen LogP contribution >= 0.6 is 0 Å². The number of fused-ring (bicyclic) bond motifs is 1. The van der Waals surface area contributed by atoms with Crippen molar-refractivity contribution in [3.63, 3.8) is 0 Å². The van der Waals surface area contributed by atoms with Crippen LogP contribution in [0.3, 0.4) is 0 Å². The van der Waals surface area contributed by atoms with Crippen LogP contribution in [0, 0.1) is 6.92 Å². The third-order valence-electron chi connectivity index (χ3n) is 6.12. The summed E-state index contributed by atoms with van der Waals surface area (Å²) < 4.78 is 30.0. The van der Waals surface area contributed by atoms with Crippen LogP contribution in [-0.2, 0) is 36.6 Å². The van der Waals surface area contributed by atoms with Crippen LogP contribution in [-0.4, -0.2) is 33.4 Å². The van der Waals surface area contributed by atoms with Crippen molar-refractivity contribution in [2.45, 2.75) is 31.3 Å². The van der Waals surface area contributed by atoms with Gasteiger partial charge in [0.1, 0.15) is 5.82 Å². The summed E-state index contributed by atoms with van der Waals surface area (Å²) in [6.07, 6.45) is 2.49. The van der Waals surface area contributed by atoms with Gasteiger partial charge in [-0.25, -0.2) is 17.4 Å². The van der Waals surface area contributed by atoms with Crippen LogP contribution in [0.5, 0.6) is 0 Å². The van der Waals surface area contributed by atoms with Crippen molar-refractivity contribution in [3.8, 4) is 11.4 Å². The Morgan fingerprint density at radius 3 is 2.47 bits per heavy atom. The number of rotatable bonds is 5. The first-order valence-electron chi connectivity index (χ1n) is 10.7. The molecule has 32 heavy (non-hydrogen) atoms. The Hall–Kier alpha value is -3.16. The number of hydrogen-bond acceptors (Lipinski definition) is 4. The summed E-state index contributed by atoms with van der Waals surface area (Å²) in [5, 5.41) is 0. The van der Waals surface area contributed by atoms with Gasteiger partial charge in [0.05, 0.1) is 16.3 Å². The average Bonchev–Trinajstić information content (AvgIpc) is 3.40. The Labute approximate surface area is 188 Å². The van der Waals surface area contributed by atoms with Crippen molar-refractivity contribution in [1.82, 2.24) is 18.4 Å². The molecule has 5 rings (SSSR count). The van der Waals surface area contributed by atoms with E-state index in [0.717, 1.165) is 47.8 Å². The predicted octanol–water partition coefficient (Wildman–Crippen LogP) is 3.99. The van der Waals surface area contributed by atoms with Gasteiger partial charge in [-0.3, -0.25) is 4.90 Å². The summed E-state index contributed by atoms with van der Waals surface area (Å²) in [5.41, 5.74) is 5.22. The third kappa shape index (κ3) is 3.67. The lowest BCUT2D eigenvalue weighted by Gasteiger charge is -2.27. The molecule has 2 aromatic carbocycles. The van der Waals surface area contributed by atoms with Gasteiger partial charge in [0.25, 0.3) is 10.0 Å². The maximum atomic E-state index is 13.2. The van der Waals surface area contributed by atoms with E-state index in [0.29, 0.717) is 11.4 Å². The molecule has 0 aliphatic carbocycles.